The Morgan fingerprint density at radius 3 is 2.38 bits per heavy atom. The lowest BCUT2D eigenvalue weighted by atomic mass is 9.87. The van der Waals surface area contributed by atoms with E-state index in [1.807, 2.05) is 0 Å². The number of hydrogen-bond donors (Lipinski definition) is 0. The van der Waals surface area contributed by atoms with Gasteiger partial charge in [0.15, 0.2) is 5.54 Å². The van der Waals surface area contributed by atoms with Crippen molar-refractivity contribution < 1.29 is 21.6 Å². The van der Waals surface area contributed by atoms with E-state index >= 15 is 0 Å². The van der Waals surface area contributed by atoms with Crippen LogP contribution >= 0.6 is 11.8 Å². The molecule has 2 aromatic rings. The Labute approximate surface area is 170 Å². The summed E-state index contributed by atoms with van der Waals surface area (Å²) in [6.07, 6.45) is -0.174. The molecule has 0 radical (unpaired) electrons. The Balaban J connectivity index is 1.92. The zero-order chi connectivity index (χ0) is 20.7. The average molecular weight is 436 g/mol. The minimum atomic E-state index is -4.76. The molecule has 0 saturated carbocycles. The molecule has 0 saturated heterocycles. The highest BCUT2D eigenvalue weighted by Crippen LogP contribution is 2.45. The highest BCUT2D eigenvalue weighted by molar-refractivity contribution is 8.14. The SMILES string of the molecule is O=S(=O)(c1ccccc1)c1ccc(C2(C3=NCCS3)C=CC=N2)c(C(F)(F)F)c1. The molecule has 9 heteroatoms. The molecule has 0 bridgehead atoms. The quantitative estimate of drug-likeness (QED) is 0.708. The van der Waals surface area contributed by atoms with Crippen molar-refractivity contribution in [3.05, 3.63) is 71.8 Å². The molecule has 29 heavy (non-hydrogen) atoms. The van der Waals surface area contributed by atoms with Gasteiger partial charge in [-0.15, -0.1) is 11.8 Å². The predicted octanol–water partition coefficient (Wildman–Crippen LogP) is 4.52. The normalized spacial score (nSPS) is 21.6. The fraction of sp³-hybridized carbons (Fsp3) is 0.200. The van der Waals surface area contributed by atoms with Crippen LogP contribution in [0.1, 0.15) is 11.1 Å². The van der Waals surface area contributed by atoms with E-state index in [9.17, 15) is 21.6 Å². The number of benzene rings is 2. The second-order valence-corrected chi connectivity index (χ2v) is 9.49. The number of rotatable bonds is 4. The second-order valence-electron chi connectivity index (χ2n) is 6.46. The van der Waals surface area contributed by atoms with Gasteiger partial charge in [0.1, 0.15) is 5.04 Å². The van der Waals surface area contributed by atoms with E-state index in [4.69, 9.17) is 0 Å². The van der Waals surface area contributed by atoms with Gasteiger partial charge in [0.25, 0.3) is 0 Å². The van der Waals surface area contributed by atoms with E-state index in [-0.39, 0.29) is 10.5 Å². The van der Waals surface area contributed by atoms with Crippen molar-refractivity contribution in [2.24, 2.45) is 9.98 Å². The molecule has 0 fully saturated rings. The summed E-state index contributed by atoms with van der Waals surface area (Å²) >= 11 is 1.36. The number of thioether (sulfide) groups is 1. The molecule has 2 aliphatic heterocycles. The molecule has 0 spiro atoms. The standard InChI is InChI=1S/C20H15F3N2O2S2/c21-20(22,23)17-13-15(29(26,27)14-5-2-1-3-6-14)7-8-16(17)19(9-4-10-25-19)18-24-11-12-28-18/h1-10,13H,11-12H2. The first-order chi connectivity index (χ1) is 13.7. The fourth-order valence-electron chi connectivity index (χ4n) is 3.35. The van der Waals surface area contributed by atoms with Crippen LogP contribution in [0.4, 0.5) is 13.2 Å². The number of alkyl halides is 3. The maximum Gasteiger partial charge on any atom is 0.416 e. The van der Waals surface area contributed by atoms with E-state index in [2.05, 4.69) is 9.98 Å². The summed E-state index contributed by atoms with van der Waals surface area (Å²) in [6.45, 7) is 0.507. The van der Waals surface area contributed by atoms with Crippen LogP contribution in [0.25, 0.3) is 0 Å². The Hall–Kier alpha value is -2.39. The van der Waals surface area contributed by atoms with Crippen molar-refractivity contribution in [2.75, 3.05) is 12.3 Å². The predicted molar refractivity (Wildman–Crippen MR) is 107 cm³/mol. The smallest absolute Gasteiger partial charge is 0.279 e. The molecule has 2 heterocycles. The Morgan fingerprint density at radius 1 is 1.03 bits per heavy atom. The van der Waals surface area contributed by atoms with Gasteiger partial charge in [-0.25, -0.2) is 8.42 Å². The largest absolute Gasteiger partial charge is 0.416 e. The molecule has 2 aromatic carbocycles. The Bertz CT molecular complexity index is 1130. The van der Waals surface area contributed by atoms with Crippen molar-refractivity contribution in [1.29, 1.82) is 0 Å². The van der Waals surface area contributed by atoms with Gasteiger partial charge in [0.05, 0.1) is 15.4 Å². The van der Waals surface area contributed by atoms with Gasteiger partial charge in [-0.1, -0.05) is 24.3 Å². The molecule has 0 amide bonds. The monoisotopic (exact) mass is 436 g/mol. The zero-order valence-corrected chi connectivity index (χ0v) is 16.6. The summed E-state index contributed by atoms with van der Waals surface area (Å²) in [5, 5.41) is 0.478. The van der Waals surface area contributed by atoms with Gasteiger partial charge in [-0.2, -0.15) is 13.2 Å². The minimum absolute atomic E-state index is 0.0647. The summed E-state index contributed by atoms with van der Waals surface area (Å²) in [7, 11) is -4.09. The number of sulfone groups is 1. The Kier molecular flexibility index (Phi) is 4.90. The maximum atomic E-state index is 14.0. The highest BCUT2D eigenvalue weighted by Gasteiger charge is 2.45. The lowest BCUT2D eigenvalue weighted by Gasteiger charge is -2.28. The van der Waals surface area contributed by atoms with Gasteiger partial charge >= 0.3 is 6.18 Å². The molecule has 2 aliphatic rings. The molecular formula is C20H15F3N2O2S2. The Morgan fingerprint density at radius 2 is 1.79 bits per heavy atom. The van der Waals surface area contributed by atoms with Crippen molar-refractivity contribution in [3.63, 3.8) is 0 Å². The van der Waals surface area contributed by atoms with Crippen LogP contribution in [0.5, 0.6) is 0 Å². The third kappa shape index (κ3) is 3.42. The summed E-state index contributed by atoms with van der Waals surface area (Å²) in [6, 6.07) is 10.5. The van der Waals surface area contributed by atoms with Crippen molar-refractivity contribution in [1.82, 2.24) is 0 Å². The molecular weight excluding hydrogens is 421 g/mol. The molecule has 4 rings (SSSR count). The first-order valence-electron chi connectivity index (χ1n) is 8.68. The second kappa shape index (κ2) is 7.14. The first kappa shape index (κ1) is 19.9. The lowest BCUT2D eigenvalue weighted by molar-refractivity contribution is -0.138. The molecule has 1 unspecified atom stereocenters. The minimum Gasteiger partial charge on any atom is -0.279 e. The van der Waals surface area contributed by atoms with Crippen LogP contribution in [-0.2, 0) is 21.6 Å². The molecule has 150 valence electrons. The van der Waals surface area contributed by atoms with Crippen LogP contribution in [0.15, 0.2) is 80.5 Å². The summed E-state index contributed by atoms with van der Waals surface area (Å²) < 4.78 is 67.7. The summed E-state index contributed by atoms with van der Waals surface area (Å²) in [4.78, 5) is 8.16. The summed E-state index contributed by atoms with van der Waals surface area (Å²) in [5.74, 6) is 0.669. The van der Waals surface area contributed by atoms with E-state index in [1.54, 1.807) is 18.2 Å². The number of aliphatic imine (C=N–C) groups is 2. The molecule has 0 aliphatic carbocycles. The van der Waals surface area contributed by atoms with Gasteiger partial charge in [-0.05, 0) is 36.4 Å². The lowest BCUT2D eigenvalue weighted by Crippen LogP contribution is -2.31. The highest BCUT2D eigenvalue weighted by atomic mass is 32.2. The average Bonchev–Trinajstić information content (AvgIpc) is 3.40. The molecule has 0 N–H and O–H groups in total. The van der Waals surface area contributed by atoms with Crippen molar-refractivity contribution >= 4 is 32.9 Å². The molecule has 0 aromatic heterocycles. The van der Waals surface area contributed by atoms with Gasteiger partial charge in [-0.3, -0.25) is 9.98 Å². The number of allylic oxidation sites excluding steroid dienone is 1. The third-order valence-corrected chi connectivity index (χ3v) is 7.55. The van der Waals surface area contributed by atoms with Crippen molar-refractivity contribution in [3.8, 4) is 0 Å². The number of halogens is 3. The van der Waals surface area contributed by atoms with E-state index in [1.165, 1.54) is 54.4 Å². The number of hydrogen-bond acceptors (Lipinski definition) is 5. The third-order valence-electron chi connectivity index (χ3n) is 4.68. The van der Waals surface area contributed by atoms with Crippen LogP contribution < -0.4 is 0 Å². The van der Waals surface area contributed by atoms with Crippen LogP contribution in [0.2, 0.25) is 0 Å². The van der Waals surface area contributed by atoms with Crippen LogP contribution in [0.3, 0.4) is 0 Å². The van der Waals surface area contributed by atoms with Gasteiger partial charge in [0, 0.05) is 24.1 Å². The van der Waals surface area contributed by atoms with E-state index < -0.39 is 32.0 Å². The van der Waals surface area contributed by atoms with Crippen molar-refractivity contribution in [2.45, 2.75) is 21.5 Å². The number of nitrogens with zero attached hydrogens (tertiary/aromatic N) is 2. The van der Waals surface area contributed by atoms with Crippen LogP contribution in [0, 0.1) is 0 Å². The topological polar surface area (TPSA) is 58.9 Å². The molecule has 4 nitrogen and oxygen atoms in total. The van der Waals surface area contributed by atoms with Gasteiger partial charge in [0.2, 0.25) is 9.84 Å². The molecule has 1 atom stereocenters. The summed E-state index contributed by atoms with van der Waals surface area (Å²) in [5.41, 5.74) is -2.54. The maximum absolute atomic E-state index is 14.0. The fourth-order valence-corrected chi connectivity index (χ4v) is 5.66. The van der Waals surface area contributed by atoms with Crippen LogP contribution in [-0.4, -0.2) is 32.0 Å². The van der Waals surface area contributed by atoms with E-state index in [0.29, 0.717) is 23.4 Å². The first-order valence-corrected chi connectivity index (χ1v) is 11.1. The zero-order valence-electron chi connectivity index (χ0n) is 14.9. The van der Waals surface area contributed by atoms with E-state index in [0.717, 1.165) is 0 Å². The van der Waals surface area contributed by atoms with Gasteiger partial charge < -0.3 is 0 Å².